The summed E-state index contributed by atoms with van der Waals surface area (Å²) in [5.74, 6) is 0.168. The lowest BCUT2D eigenvalue weighted by molar-refractivity contribution is -0.121. The Morgan fingerprint density at radius 1 is 1.04 bits per heavy atom. The quantitative estimate of drug-likeness (QED) is 0.605. The molecule has 27 heavy (non-hydrogen) atoms. The second kappa shape index (κ2) is 8.24. The summed E-state index contributed by atoms with van der Waals surface area (Å²) >= 11 is 3.53. The molecule has 0 saturated carbocycles. The van der Waals surface area contributed by atoms with Gasteiger partial charge in [-0.25, -0.2) is 0 Å². The number of fused-ring (bicyclic) bond motifs is 1. The Hall–Kier alpha value is -2.17. The van der Waals surface area contributed by atoms with Crippen molar-refractivity contribution in [3.8, 4) is 0 Å². The minimum absolute atomic E-state index is 0.0392. The Kier molecular flexibility index (Phi) is 5.55. The highest BCUT2D eigenvalue weighted by Crippen LogP contribution is 2.23. The van der Waals surface area contributed by atoms with Gasteiger partial charge in [-0.1, -0.05) is 58.4 Å². The highest BCUT2D eigenvalue weighted by atomic mass is 79.9. The Morgan fingerprint density at radius 3 is 2.74 bits per heavy atom. The summed E-state index contributed by atoms with van der Waals surface area (Å²) in [7, 11) is 0. The van der Waals surface area contributed by atoms with Crippen molar-refractivity contribution < 1.29 is 4.79 Å². The molecule has 3 nitrogen and oxygen atoms in total. The Labute approximate surface area is 168 Å². The molecule has 0 aliphatic carbocycles. The SMILES string of the molecule is O=C(Nc1ccc2ccccc2c1)C1CCCN(Cc2cccc(Br)c2)C1. The lowest BCUT2D eigenvalue weighted by atomic mass is 9.96. The second-order valence-electron chi connectivity index (χ2n) is 7.26. The molecule has 1 atom stereocenters. The Bertz CT molecular complexity index is 956. The lowest BCUT2D eigenvalue weighted by Crippen LogP contribution is -2.40. The van der Waals surface area contributed by atoms with E-state index in [4.69, 9.17) is 0 Å². The fourth-order valence-electron chi connectivity index (χ4n) is 3.82. The average Bonchev–Trinajstić information content (AvgIpc) is 2.68. The van der Waals surface area contributed by atoms with Gasteiger partial charge in [-0.2, -0.15) is 0 Å². The zero-order valence-corrected chi connectivity index (χ0v) is 16.8. The number of nitrogens with zero attached hydrogens (tertiary/aromatic N) is 1. The largest absolute Gasteiger partial charge is 0.326 e. The van der Waals surface area contributed by atoms with Gasteiger partial charge in [0.1, 0.15) is 0 Å². The summed E-state index contributed by atoms with van der Waals surface area (Å²) in [5, 5.41) is 5.46. The van der Waals surface area contributed by atoms with E-state index < -0.39 is 0 Å². The van der Waals surface area contributed by atoms with Crippen LogP contribution in [0.3, 0.4) is 0 Å². The first-order valence-electron chi connectivity index (χ1n) is 9.44. The van der Waals surface area contributed by atoms with Gasteiger partial charge < -0.3 is 5.32 Å². The van der Waals surface area contributed by atoms with Crippen LogP contribution >= 0.6 is 15.9 Å². The molecular weight excluding hydrogens is 400 g/mol. The first-order valence-corrected chi connectivity index (χ1v) is 10.2. The average molecular weight is 423 g/mol. The molecule has 3 aromatic carbocycles. The van der Waals surface area contributed by atoms with Crippen LogP contribution in [0.15, 0.2) is 71.2 Å². The second-order valence-corrected chi connectivity index (χ2v) is 8.17. The maximum absolute atomic E-state index is 12.8. The van der Waals surface area contributed by atoms with E-state index in [2.05, 4.69) is 68.6 Å². The minimum atomic E-state index is 0.0392. The molecule has 4 rings (SSSR count). The number of carbonyl (C=O) groups is 1. The molecule has 1 heterocycles. The van der Waals surface area contributed by atoms with Crippen molar-refractivity contribution in [1.82, 2.24) is 4.90 Å². The van der Waals surface area contributed by atoms with Gasteiger partial charge in [0.25, 0.3) is 0 Å². The molecule has 0 bridgehead atoms. The van der Waals surface area contributed by atoms with E-state index in [-0.39, 0.29) is 11.8 Å². The standard InChI is InChI=1S/C23H23BrN2O/c24-21-9-3-5-17(13-21)15-26-12-4-8-20(16-26)23(27)25-22-11-10-18-6-1-2-7-19(18)14-22/h1-3,5-7,9-11,13-14,20H,4,8,12,15-16H2,(H,25,27). The fourth-order valence-corrected chi connectivity index (χ4v) is 4.26. The molecule has 1 saturated heterocycles. The third kappa shape index (κ3) is 4.57. The van der Waals surface area contributed by atoms with E-state index in [9.17, 15) is 4.79 Å². The number of anilines is 1. The number of likely N-dealkylation sites (tertiary alicyclic amines) is 1. The molecule has 0 radical (unpaired) electrons. The van der Waals surface area contributed by atoms with Gasteiger partial charge in [0, 0.05) is 23.2 Å². The molecule has 4 heteroatoms. The van der Waals surface area contributed by atoms with Crippen molar-refractivity contribution in [2.75, 3.05) is 18.4 Å². The Balaban J connectivity index is 1.40. The molecule has 0 spiro atoms. The number of carbonyl (C=O) groups excluding carboxylic acids is 1. The van der Waals surface area contributed by atoms with Crippen molar-refractivity contribution in [2.45, 2.75) is 19.4 Å². The maximum atomic E-state index is 12.8. The predicted molar refractivity (Wildman–Crippen MR) is 115 cm³/mol. The van der Waals surface area contributed by atoms with Crippen LogP contribution < -0.4 is 5.32 Å². The number of benzene rings is 3. The van der Waals surface area contributed by atoms with Crippen LogP contribution in [-0.2, 0) is 11.3 Å². The number of rotatable bonds is 4. The van der Waals surface area contributed by atoms with E-state index in [1.54, 1.807) is 0 Å². The molecule has 1 aliphatic heterocycles. The molecule has 138 valence electrons. The van der Waals surface area contributed by atoms with E-state index in [0.29, 0.717) is 0 Å². The van der Waals surface area contributed by atoms with E-state index >= 15 is 0 Å². The number of halogens is 1. The molecule has 1 amide bonds. The van der Waals surface area contributed by atoms with Gasteiger partial charge in [0.15, 0.2) is 0 Å². The van der Waals surface area contributed by atoms with Gasteiger partial charge in [0.05, 0.1) is 5.92 Å². The molecule has 1 fully saturated rings. The summed E-state index contributed by atoms with van der Waals surface area (Å²) in [6.07, 6.45) is 2.01. The van der Waals surface area contributed by atoms with Crippen LogP contribution in [0.1, 0.15) is 18.4 Å². The zero-order valence-electron chi connectivity index (χ0n) is 15.2. The normalized spacial score (nSPS) is 17.7. The van der Waals surface area contributed by atoms with Crippen LogP contribution in [0.5, 0.6) is 0 Å². The highest BCUT2D eigenvalue weighted by Gasteiger charge is 2.26. The fraction of sp³-hybridized carbons (Fsp3) is 0.261. The molecule has 1 aliphatic rings. The summed E-state index contributed by atoms with van der Waals surface area (Å²) in [5.41, 5.74) is 2.16. The first kappa shape index (κ1) is 18.2. The first-order chi connectivity index (χ1) is 13.2. The van der Waals surface area contributed by atoms with Gasteiger partial charge in [-0.05, 0) is 60.0 Å². The summed E-state index contributed by atoms with van der Waals surface area (Å²) < 4.78 is 1.10. The minimum Gasteiger partial charge on any atom is -0.326 e. The van der Waals surface area contributed by atoms with Crippen molar-refractivity contribution in [1.29, 1.82) is 0 Å². The van der Waals surface area contributed by atoms with E-state index in [0.717, 1.165) is 48.0 Å². The van der Waals surface area contributed by atoms with E-state index in [1.165, 1.54) is 10.9 Å². The van der Waals surface area contributed by atoms with Gasteiger partial charge in [-0.15, -0.1) is 0 Å². The third-order valence-corrected chi connectivity index (χ3v) is 5.68. The number of piperidine rings is 1. The number of hydrogen-bond acceptors (Lipinski definition) is 2. The van der Waals surface area contributed by atoms with Crippen LogP contribution in [0.25, 0.3) is 10.8 Å². The zero-order chi connectivity index (χ0) is 18.6. The molecule has 0 aromatic heterocycles. The summed E-state index contributed by atoms with van der Waals surface area (Å²) in [6.45, 7) is 2.75. The van der Waals surface area contributed by atoms with Crippen molar-refractivity contribution in [3.63, 3.8) is 0 Å². The monoisotopic (exact) mass is 422 g/mol. The van der Waals surface area contributed by atoms with Crippen LogP contribution in [0, 0.1) is 5.92 Å². The molecule has 3 aromatic rings. The highest BCUT2D eigenvalue weighted by molar-refractivity contribution is 9.10. The van der Waals surface area contributed by atoms with Gasteiger partial charge in [0.2, 0.25) is 5.91 Å². The predicted octanol–water partition coefficient (Wildman–Crippen LogP) is 5.45. The number of hydrogen-bond donors (Lipinski definition) is 1. The Morgan fingerprint density at radius 2 is 1.89 bits per heavy atom. The van der Waals surface area contributed by atoms with Crippen LogP contribution in [0.2, 0.25) is 0 Å². The summed E-state index contributed by atoms with van der Waals surface area (Å²) in [4.78, 5) is 15.2. The molecule has 1 N–H and O–H groups in total. The number of amides is 1. The van der Waals surface area contributed by atoms with Gasteiger partial charge >= 0.3 is 0 Å². The van der Waals surface area contributed by atoms with Crippen molar-refractivity contribution >= 4 is 38.3 Å². The molecule has 1 unspecified atom stereocenters. The summed E-state index contributed by atoms with van der Waals surface area (Å²) in [6, 6.07) is 22.7. The lowest BCUT2D eigenvalue weighted by Gasteiger charge is -2.32. The van der Waals surface area contributed by atoms with E-state index in [1.807, 2.05) is 24.3 Å². The van der Waals surface area contributed by atoms with Crippen molar-refractivity contribution in [2.24, 2.45) is 5.92 Å². The maximum Gasteiger partial charge on any atom is 0.228 e. The third-order valence-electron chi connectivity index (χ3n) is 5.19. The topological polar surface area (TPSA) is 32.3 Å². The van der Waals surface area contributed by atoms with Crippen LogP contribution in [0.4, 0.5) is 5.69 Å². The smallest absolute Gasteiger partial charge is 0.228 e. The molecular formula is C23H23BrN2O. The van der Waals surface area contributed by atoms with Crippen molar-refractivity contribution in [3.05, 3.63) is 76.8 Å². The number of nitrogens with one attached hydrogen (secondary N) is 1. The van der Waals surface area contributed by atoms with Crippen LogP contribution in [-0.4, -0.2) is 23.9 Å². The van der Waals surface area contributed by atoms with Gasteiger partial charge in [-0.3, -0.25) is 9.69 Å².